The van der Waals surface area contributed by atoms with Crippen LogP contribution in [0.3, 0.4) is 0 Å². The highest BCUT2D eigenvalue weighted by molar-refractivity contribution is 5.76. The summed E-state index contributed by atoms with van der Waals surface area (Å²) in [4.78, 5) is 17.0. The van der Waals surface area contributed by atoms with Crippen molar-refractivity contribution in [3.05, 3.63) is 29.8 Å². The van der Waals surface area contributed by atoms with Gasteiger partial charge in [0, 0.05) is 44.7 Å². The fraction of sp³-hybridized carbons (Fsp3) is 0.667. The van der Waals surface area contributed by atoms with E-state index in [-0.39, 0.29) is 6.10 Å². The quantitative estimate of drug-likeness (QED) is 0.789. The lowest BCUT2D eigenvalue weighted by Crippen LogP contribution is -2.48. The highest BCUT2D eigenvalue weighted by atomic mass is 16.5. The van der Waals surface area contributed by atoms with Crippen LogP contribution in [0.1, 0.15) is 51.5 Å². The number of para-hydroxylation sites is 1. The summed E-state index contributed by atoms with van der Waals surface area (Å²) in [5.74, 6) is 2.00. The minimum atomic E-state index is 0.186. The van der Waals surface area contributed by atoms with Gasteiger partial charge in [-0.3, -0.25) is 9.69 Å². The van der Waals surface area contributed by atoms with E-state index in [4.69, 9.17) is 4.74 Å². The minimum Gasteiger partial charge on any atom is -0.491 e. The second-order valence-corrected chi connectivity index (χ2v) is 7.79. The highest BCUT2D eigenvalue weighted by Crippen LogP contribution is 2.28. The predicted molar refractivity (Wildman–Crippen MR) is 101 cm³/mol. The maximum Gasteiger partial charge on any atom is 0.222 e. The van der Waals surface area contributed by atoms with Crippen molar-refractivity contribution >= 4 is 5.91 Å². The molecule has 0 bridgehead atoms. The van der Waals surface area contributed by atoms with Gasteiger partial charge in [0.2, 0.25) is 5.91 Å². The smallest absolute Gasteiger partial charge is 0.222 e. The molecule has 1 saturated carbocycles. The summed E-state index contributed by atoms with van der Waals surface area (Å²) < 4.78 is 5.93. The third kappa shape index (κ3) is 5.21. The molecule has 1 aromatic rings. The van der Waals surface area contributed by atoms with E-state index in [2.05, 4.69) is 41.8 Å². The molecule has 1 aromatic carbocycles. The van der Waals surface area contributed by atoms with E-state index in [0.29, 0.717) is 11.8 Å². The number of hydrogen-bond acceptors (Lipinski definition) is 3. The van der Waals surface area contributed by atoms with Gasteiger partial charge in [-0.2, -0.15) is 0 Å². The molecule has 0 spiro atoms. The van der Waals surface area contributed by atoms with E-state index in [1.165, 1.54) is 31.2 Å². The summed E-state index contributed by atoms with van der Waals surface area (Å²) in [6.07, 6.45) is 6.07. The summed E-state index contributed by atoms with van der Waals surface area (Å²) in [6.45, 7) is 8.64. The molecule has 2 fully saturated rings. The van der Waals surface area contributed by atoms with Crippen LogP contribution in [0, 0.1) is 5.92 Å². The van der Waals surface area contributed by atoms with Gasteiger partial charge in [-0.05, 0) is 38.7 Å². The van der Waals surface area contributed by atoms with Gasteiger partial charge in [-0.15, -0.1) is 0 Å². The minimum absolute atomic E-state index is 0.186. The standard InChI is InChI=1S/C21H32N2O2/c1-17(2)25-20-10-6-5-9-19(20)16-22-11-13-23(14-12-22)21(24)15-18-7-3-4-8-18/h5-6,9-10,17-18H,3-4,7-8,11-16H2,1-2H3. The molecule has 0 aromatic heterocycles. The van der Waals surface area contributed by atoms with Crippen molar-refractivity contribution < 1.29 is 9.53 Å². The van der Waals surface area contributed by atoms with Crippen LogP contribution >= 0.6 is 0 Å². The van der Waals surface area contributed by atoms with Gasteiger partial charge in [-0.1, -0.05) is 31.0 Å². The molecule has 3 rings (SSSR count). The topological polar surface area (TPSA) is 32.8 Å². The molecule has 4 heteroatoms. The molecule has 4 nitrogen and oxygen atoms in total. The molecular weight excluding hydrogens is 312 g/mol. The number of nitrogens with zero attached hydrogens (tertiary/aromatic N) is 2. The summed E-state index contributed by atoms with van der Waals surface area (Å²) >= 11 is 0. The third-order valence-corrected chi connectivity index (χ3v) is 5.39. The Hall–Kier alpha value is -1.55. The van der Waals surface area contributed by atoms with Crippen molar-refractivity contribution in [1.82, 2.24) is 9.80 Å². The number of hydrogen-bond donors (Lipinski definition) is 0. The number of carbonyl (C=O) groups is 1. The lowest BCUT2D eigenvalue weighted by Gasteiger charge is -2.35. The van der Waals surface area contributed by atoms with Crippen LogP contribution < -0.4 is 4.74 Å². The summed E-state index contributed by atoms with van der Waals surface area (Å²) in [6, 6.07) is 8.30. The molecule has 25 heavy (non-hydrogen) atoms. The second-order valence-electron chi connectivity index (χ2n) is 7.79. The fourth-order valence-electron chi connectivity index (χ4n) is 3.99. The molecule has 1 heterocycles. The fourth-order valence-corrected chi connectivity index (χ4v) is 3.99. The Labute approximate surface area is 152 Å². The van der Waals surface area contributed by atoms with Gasteiger partial charge in [0.05, 0.1) is 6.10 Å². The van der Waals surface area contributed by atoms with Gasteiger partial charge in [0.25, 0.3) is 0 Å². The van der Waals surface area contributed by atoms with Crippen molar-refractivity contribution in [2.75, 3.05) is 26.2 Å². The first-order valence-corrected chi connectivity index (χ1v) is 9.86. The van der Waals surface area contributed by atoms with Crippen molar-refractivity contribution in [3.8, 4) is 5.75 Å². The van der Waals surface area contributed by atoms with Gasteiger partial charge >= 0.3 is 0 Å². The third-order valence-electron chi connectivity index (χ3n) is 5.39. The first-order valence-electron chi connectivity index (χ1n) is 9.86. The summed E-state index contributed by atoms with van der Waals surface area (Å²) in [5.41, 5.74) is 1.24. The molecule has 0 radical (unpaired) electrons. The van der Waals surface area contributed by atoms with Crippen LogP contribution in [0.5, 0.6) is 5.75 Å². The second kappa shape index (κ2) is 8.70. The number of benzene rings is 1. The molecule has 1 saturated heterocycles. The Morgan fingerprint density at radius 2 is 1.80 bits per heavy atom. The lowest BCUT2D eigenvalue weighted by atomic mass is 10.0. The molecule has 0 unspecified atom stereocenters. The van der Waals surface area contributed by atoms with Crippen molar-refractivity contribution in [1.29, 1.82) is 0 Å². The first-order chi connectivity index (χ1) is 12.1. The van der Waals surface area contributed by atoms with Crippen LogP contribution in [0.25, 0.3) is 0 Å². The van der Waals surface area contributed by atoms with Gasteiger partial charge < -0.3 is 9.64 Å². The van der Waals surface area contributed by atoms with Crippen LogP contribution in [0.4, 0.5) is 0 Å². The Balaban J connectivity index is 1.48. The van der Waals surface area contributed by atoms with Crippen LogP contribution in [0.15, 0.2) is 24.3 Å². The molecule has 1 aliphatic carbocycles. The normalized spacial score (nSPS) is 19.6. The Kier molecular flexibility index (Phi) is 6.35. The monoisotopic (exact) mass is 344 g/mol. The molecule has 138 valence electrons. The van der Waals surface area contributed by atoms with E-state index in [1.807, 2.05) is 6.07 Å². The Morgan fingerprint density at radius 3 is 2.48 bits per heavy atom. The van der Waals surface area contributed by atoms with Crippen LogP contribution in [-0.2, 0) is 11.3 Å². The molecule has 1 amide bonds. The summed E-state index contributed by atoms with van der Waals surface area (Å²) in [5, 5.41) is 0. The number of ether oxygens (including phenoxy) is 1. The number of amides is 1. The zero-order valence-electron chi connectivity index (χ0n) is 15.7. The predicted octanol–water partition coefficient (Wildman–Crippen LogP) is 3.70. The average Bonchev–Trinajstić information content (AvgIpc) is 3.10. The van der Waals surface area contributed by atoms with E-state index in [0.717, 1.165) is 44.9 Å². The zero-order chi connectivity index (χ0) is 17.6. The molecule has 0 N–H and O–H groups in total. The highest BCUT2D eigenvalue weighted by Gasteiger charge is 2.25. The van der Waals surface area contributed by atoms with Crippen molar-refractivity contribution in [2.45, 2.75) is 58.6 Å². The first kappa shape index (κ1) is 18.2. The average molecular weight is 344 g/mol. The maximum atomic E-state index is 12.5. The van der Waals surface area contributed by atoms with E-state index in [1.54, 1.807) is 0 Å². The van der Waals surface area contributed by atoms with E-state index < -0.39 is 0 Å². The van der Waals surface area contributed by atoms with Gasteiger partial charge in [-0.25, -0.2) is 0 Å². The number of rotatable bonds is 6. The number of piperazine rings is 1. The van der Waals surface area contributed by atoms with Crippen LogP contribution in [-0.4, -0.2) is 48.0 Å². The largest absolute Gasteiger partial charge is 0.491 e. The van der Waals surface area contributed by atoms with E-state index >= 15 is 0 Å². The van der Waals surface area contributed by atoms with E-state index in [9.17, 15) is 4.79 Å². The van der Waals surface area contributed by atoms with Gasteiger partial charge in [0.1, 0.15) is 5.75 Å². The molecule has 2 aliphatic rings. The van der Waals surface area contributed by atoms with Gasteiger partial charge in [0.15, 0.2) is 0 Å². The van der Waals surface area contributed by atoms with Crippen molar-refractivity contribution in [3.63, 3.8) is 0 Å². The van der Waals surface area contributed by atoms with Crippen LogP contribution in [0.2, 0.25) is 0 Å². The number of carbonyl (C=O) groups excluding carboxylic acids is 1. The molecule has 0 atom stereocenters. The molecule has 1 aliphatic heterocycles. The SMILES string of the molecule is CC(C)Oc1ccccc1CN1CCN(C(=O)CC2CCCC2)CC1. The summed E-state index contributed by atoms with van der Waals surface area (Å²) in [7, 11) is 0. The zero-order valence-corrected chi connectivity index (χ0v) is 15.7. The maximum absolute atomic E-state index is 12.5. The molecular formula is C21H32N2O2. The Bertz CT molecular complexity index is 559. The Morgan fingerprint density at radius 1 is 1.12 bits per heavy atom. The van der Waals surface area contributed by atoms with Crippen molar-refractivity contribution in [2.24, 2.45) is 5.92 Å². The lowest BCUT2D eigenvalue weighted by molar-refractivity contribution is -0.134.